The fourth-order valence-electron chi connectivity index (χ4n) is 2.07. The zero-order valence-corrected chi connectivity index (χ0v) is 13.4. The van der Waals surface area contributed by atoms with Gasteiger partial charge >= 0.3 is 0 Å². The number of hydrogen-bond acceptors (Lipinski definition) is 4. The van der Waals surface area contributed by atoms with E-state index in [1.807, 2.05) is 41.1 Å². The molecular formula is C15H13ClN4OS. The van der Waals surface area contributed by atoms with Gasteiger partial charge in [-0.3, -0.25) is 9.20 Å². The van der Waals surface area contributed by atoms with Crippen LogP contribution < -0.4 is 5.32 Å². The first-order valence-electron chi connectivity index (χ1n) is 6.59. The topological polar surface area (TPSA) is 59.3 Å². The summed E-state index contributed by atoms with van der Waals surface area (Å²) in [6.07, 6.45) is 3.81. The van der Waals surface area contributed by atoms with Crippen LogP contribution in [-0.2, 0) is 6.54 Å². The molecule has 3 aromatic rings. The van der Waals surface area contributed by atoms with Gasteiger partial charge < -0.3 is 5.32 Å². The van der Waals surface area contributed by atoms with Crippen molar-refractivity contribution in [2.45, 2.75) is 11.4 Å². The van der Waals surface area contributed by atoms with E-state index >= 15 is 0 Å². The minimum absolute atomic E-state index is 0.228. The maximum atomic E-state index is 12.3. The maximum Gasteiger partial charge on any atom is 0.253 e. The lowest BCUT2D eigenvalue weighted by Gasteiger charge is -2.07. The molecule has 0 radical (unpaired) electrons. The molecule has 22 heavy (non-hydrogen) atoms. The molecule has 0 aliphatic heterocycles. The van der Waals surface area contributed by atoms with Crippen molar-refractivity contribution in [2.24, 2.45) is 0 Å². The number of carbonyl (C=O) groups is 1. The van der Waals surface area contributed by atoms with Gasteiger partial charge in [-0.25, -0.2) is 0 Å². The monoisotopic (exact) mass is 332 g/mol. The molecule has 7 heteroatoms. The van der Waals surface area contributed by atoms with Gasteiger partial charge in [-0.15, -0.1) is 22.0 Å². The average molecular weight is 333 g/mol. The predicted molar refractivity (Wildman–Crippen MR) is 87.4 cm³/mol. The van der Waals surface area contributed by atoms with Gasteiger partial charge in [0.15, 0.2) is 11.5 Å². The van der Waals surface area contributed by atoms with E-state index in [4.69, 9.17) is 11.6 Å². The smallest absolute Gasteiger partial charge is 0.253 e. The Kier molecular flexibility index (Phi) is 4.31. The predicted octanol–water partition coefficient (Wildman–Crippen LogP) is 3.03. The Morgan fingerprint density at radius 2 is 2.18 bits per heavy atom. The molecule has 1 aromatic carbocycles. The molecule has 3 rings (SSSR count). The molecule has 0 saturated carbocycles. The Balaban J connectivity index is 1.78. The van der Waals surface area contributed by atoms with Crippen molar-refractivity contribution in [2.75, 3.05) is 6.26 Å². The number of rotatable bonds is 4. The molecule has 0 atom stereocenters. The molecule has 112 valence electrons. The molecular weight excluding hydrogens is 320 g/mol. The minimum atomic E-state index is -0.228. The first kappa shape index (κ1) is 14.9. The maximum absolute atomic E-state index is 12.3. The van der Waals surface area contributed by atoms with E-state index in [2.05, 4.69) is 15.5 Å². The highest BCUT2D eigenvalue weighted by Gasteiger charge is 2.12. The number of amides is 1. The van der Waals surface area contributed by atoms with Gasteiger partial charge in [0.05, 0.1) is 17.1 Å². The van der Waals surface area contributed by atoms with Crippen molar-refractivity contribution >= 4 is 34.9 Å². The zero-order valence-electron chi connectivity index (χ0n) is 11.8. The summed E-state index contributed by atoms with van der Waals surface area (Å²) >= 11 is 7.66. The highest BCUT2D eigenvalue weighted by atomic mass is 35.5. The number of fused-ring (bicyclic) bond motifs is 1. The van der Waals surface area contributed by atoms with Crippen molar-refractivity contribution in [3.05, 3.63) is 59.0 Å². The molecule has 0 aliphatic rings. The molecule has 2 aromatic heterocycles. The highest BCUT2D eigenvalue weighted by molar-refractivity contribution is 7.98. The second-order valence-corrected chi connectivity index (χ2v) is 5.86. The Labute approximate surface area is 136 Å². The third-order valence-corrected chi connectivity index (χ3v) is 4.26. The van der Waals surface area contributed by atoms with Crippen molar-refractivity contribution in [1.29, 1.82) is 0 Å². The van der Waals surface area contributed by atoms with Crippen LogP contribution in [-0.4, -0.2) is 26.8 Å². The number of benzene rings is 1. The molecule has 0 fully saturated rings. The fourth-order valence-corrected chi connectivity index (χ4v) is 2.71. The van der Waals surface area contributed by atoms with Gasteiger partial charge in [-0.2, -0.15) is 0 Å². The van der Waals surface area contributed by atoms with Crippen LogP contribution in [0.1, 0.15) is 16.2 Å². The number of halogens is 1. The number of nitrogens with one attached hydrogen (secondary N) is 1. The molecule has 1 N–H and O–H groups in total. The van der Waals surface area contributed by atoms with Crippen molar-refractivity contribution in [3.8, 4) is 0 Å². The highest BCUT2D eigenvalue weighted by Crippen LogP contribution is 2.23. The van der Waals surface area contributed by atoms with Crippen LogP contribution >= 0.6 is 23.4 Å². The average Bonchev–Trinajstić information content (AvgIpc) is 2.96. The van der Waals surface area contributed by atoms with Crippen LogP contribution in [0.15, 0.2) is 47.5 Å². The third-order valence-electron chi connectivity index (χ3n) is 3.21. The van der Waals surface area contributed by atoms with Crippen LogP contribution in [0.5, 0.6) is 0 Å². The Morgan fingerprint density at radius 3 is 3.00 bits per heavy atom. The van der Waals surface area contributed by atoms with Gasteiger partial charge in [0.25, 0.3) is 5.91 Å². The fraction of sp³-hybridized carbons (Fsp3) is 0.133. The van der Waals surface area contributed by atoms with Gasteiger partial charge in [0.2, 0.25) is 0 Å². The summed E-state index contributed by atoms with van der Waals surface area (Å²) in [7, 11) is 0. The summed E-state index contributed by atoms with van der Waals surface area (Å²) in [4.78, 5) is 13.3. The largest absolute Gasteiger partial charge is 0.345 e. The van der Waals surface area contributed by atoms with Crippen LogP contribution in [0.25, 0.3) is 5.65 Å². The SMILES string of the molecule is CSc1ccc(Cl)c(C(=O)NCc2nnc3ccccn23)c1. The Bertz CT molecular complexity index is 833. The van der Waals surface area contributed by atoms with Crippen LogP contribution in [0.4, 0.5) is 0 Å². The van der Waals surface area contributed by atoms with Gasteiger partial charge in [-0.05, 0) is 36.6 Å². The Hall–Kier alpha value is -2.05. The normalized spacial score (nSPS) is 10.8. The van der Waals surface area contributed by atoms with Crippen molar-refractivity contribution in [3.63, 3.8) is 0 Å². The molecule has 0 bridgehead atoms. The lowest BCUT2D eigenvalue weighted by atomic mass is 10.2. The number of thioether (sulfide) groups is 1. The summed E-state index contributed by atoms with van der Waals surface area (Å²) in [5, 5.41) is 11.4. The van der Waals surface area contributed by atoms with Crippen LogP contribution in [0, 0.1) is 0 Å². The van der Waals surface area contributed by atoms with E-state index in [0.717, 1.165) is 10.5 Å². The van der Waals surface area contributed by atoms with Crippen molar-refractivity contribution in [1.82, 2.24) is 19.9 Å². The third kappa shape index (κ3) is 2.93. The van der Waals surface area contributed by atoms with E-state index < -0.39 is 0 Å². The molecule has 1 amide bonds. The van der Waals surface area contributed by atoms with Gasteiger partial charge in [0.1, 0.15) is 0 Å². The summed E-state index contributed by atoms with van der Waals surface area (Å²) in [5.74, 6) is 0.440. The number of aromatic nitrogens is 3. The van der Waals surface area contributed by atoms with E-state index in [0.29, 0.717) is 16.4 Å². The van der Waals surface area contributed by atoms with Gasteiger partial charge in [-0.1, -0.05) is 17.7 Å². The van der Waals surface area contributed by atoms with Crippen molar-refractivity contribution < 1.29 is 4.79 Å². The first-order chi connectivity index (χ1) is 10.7. The standard InChI is InChI=1S/C15H13ClN4OS/c1-22-10-5-6-12(16)11(8-10)15(21)17-9-14-19-18-13-4-2-3-7-20(13)14/h2-8H,9H2,1H3,(H,17,21). The van der Waals surface area contributed by atoms with E-state index in [-0.39, 0.29) is 12.5 Å². The van der Waals surface area contributed by atoms with E-state index in [1.54, 1.807) is 23.9 Å². The van der Waals surface area contributed by atoms with Crippen LogP contribution in [0.2, 0.25) is 5.02 Å². The van der Waals surface area contributed by atoms with E-state index in [9.17, 15) is 4.79 Å². The molecule has 0 aliphatic carbocycles. The molecule has 0 spiro atoms. The molecule has 5 nitrogen and oxygen atoms in total. The quantitative estimate of drug-likeness (QED) is 0.746. The lowest BCUT2D eigenvalue weighted by molar-refractivity contribution is 0.0949. The number of pyridine rings is 1. The second kappa shape index (κ2) is 6.37. The van der Waals surface area contributed by atoms with Gasteiger partial charge in [0, 0.05) is 11.1 Å². The zero-order chi connectivity index (χ0) is 15.5. The molecule has 2 heterocycles. The summed E-state index contributed by atoms with van der Waals surface area (Å²) < 4.78 is 1.83. The summed E-state index contributed by atoms with van der Waals surface area (Å²) in [6.45, 7) is 0.282. The second-order valence-electron chi connectivity index (χ2n) is 4.57. The summed E-state index contributed by atoms with van der Waals surface area (Å²) in [6, 6.07) is 11.0. The minimum Gasteiger partial charge on any atom is -0.345 e. The van der Waals surface area contributed by atoms with E-state index in [1.165, 1.54) is 0 Å². The lowest BCUT2D eigenvalue weighted by Crippen LogP contribution is -2.24. The number of hydrogen-bond donors (Lipinski definition) is 1. The Morgan fingerprint density at radius 1 is 1.32 bits per heavy atom. The first-order valence-corrected chi connectivity index (χ1v) is 8.19. The molecule has 0 saturated heterocycles. The van der Waals surface area contributed by atoms with Crippen LogP contribution in [0.3, 0.4) is 0 Å². The number of carbonyl (C=O) groups excluding carboxylic acids is 1. The molecule has 0 unspecified atom stereocenters. The summed E-state index contributed by atoms with van der Waals surface area (Å²) in [5.41, 5.74) is 1.21. The number of nitrogens with zero attached hydrogens (tertiary/aromatic N) is 3.